The maximum absolute atomic E-state index is 11.6. The number of fused-ring (bicyclic) bond motifs is 1. The molecule has 0 aliphatic carbocycles. The molecule has 0 radical (unpaired) electrons. The zero-order chi connectivity index (χ0) is 14.0. The van der Waals surface area contributed by atoms with Gasteiger partial charge in [-0.25, -0.2) is 9.78 Å². The predicted molar refractivity (Wildman–Crippen MR) is 74.0 cm³/mol. The second-order valence-electron chi connectivity index (χ2n) is 4.05. The molecule has 0 spiro atoms. The number of carbonyl (C=O) groups is 1. The van der Waals surface area contributed by atoms with Crippen molar-refractivity contribution in [2.75, 3.05) is 13.7 Å². The number of aryl methyl sites for hydroxylation is 1. The molecule has 0 unspecified atom stereocenters. The molecular weight excluding hydrogens is 266 g/mol. The van der Waals surface area contributed by atoms with Crippen molar-refractivity contribution in [1.29, 1.82) is 0 Å². The molecule has 1 aromatic heterocycles. The van der Waals surface area contributed by atoms with Crippen molar-refractivity contribution in [3.8, 4) is 5.75 Å². The van der Waals surface area contributed by atoms with Gasteiger partial charge in [0.2, 0.25) is 0 Å². The summed E-state index contributed by atoms with van der Waals surface area (Å²) in [6.07, 6.45) is 0. The molecule has 1 heterocycles. The summed E-state index contributed by atoms with van der Waals surface area (Å²) in [5.74, 6) is 0.0932. The molecule has 5 heteroatoms. The molecule has 0 saturated carbocycles. The minimum Gasteiger partial charge on any atom is -0.493 e. The third-order valence-electron chi connectivity index (χ3n) is 2.73. The topological polar surface area (TPSA) is 48.4 Å². The van der Waals surface area contributed by atoms with Gasteiger partial charge in [-0.05, 0) is 31.5 Å². The van der Waals surface area contributed by atoms with Gasteiger partial charge in [-0.3, -0.25) is 0 Å². The summed E-state index contributed by atoms with van der Waals surface area (Å²) >= 11 is 6.05. The van der Waals surface area contributed by atoms with Crippen LogP contribution >= 0.6 is 11.6 Å². The van der Waals surface area contributed by atoms with Gasteiger partial charge in [0.25, 0.3) is 0 Å². The van der Waals surface area contributed by atoms with E-state index in [2.05, 4.69) is 4.98 Å². The molecule has 100 valence electrons. The van der Waals surface area contributed by atoms with E-state index in [9.17, 15) is 4.79 Å². The van der Waals surface area contributed by atoms with Gasteiger partial charge < -0.3 is 9.47 Å². The van der Waals surface area contributed by atoms with Gasteiger partial charge >= 0.3 is 5.97 Å². The van der Waals surface area contributed by atoms with Gasteiger partial charge in [0.1, 0.15) is 5.75 Å². The Hall–Kier alpha value is -1.81. The van der Waals surface area contributed by atoms with Crippen molar-refractivity contribution in [2.45, 2.75) is 13.8 Å². The predicted octanol–water partition coefficient (Wildman–Crippen LogP) is 3.38. The summed E-state index contributed by atoms with van der Waals surface area (Å²) in [6.45, 7) is 4.25. The SMILES string of the molecule is CCOc1cc(C(=O)OC)nc2c(C)cc(Cl)cc12. The second kappa shape index (κ2) is 5.45. The summed E-state index contributed by atoms with van der Waals surface area (Å²) in [5, 5.41) is 1.40. The fourth-order valence-corrected chi connectivity index (χ4v) is 2.18. The normalized spacial score (nSPS) is 10.5. The van der Waals surface area contributed by atoms with Crippen molar-refractivity contribution < 1.29 is 14.3 Å². The van der Waals surface area contributed by atoms with Crippen LogP contribution in [0.4, 0.5) is 0 Å². The van der Waals surface area contributed by atoms with Crippen LogP contribution in [0.3, 0.4) is 0 Å². The van der Waals surface area contributed by atoms with E-state index in [-0.39, 0.29) is 5.69 Å². The monoisotopic (exact) mass is 279 g/mol. The Kier molecular flexibility index (Phi) is 3.90. The Morgan fingerprint density at radius 2 is 2.11 bits per heavy atom. The number of hydrogen-bond donors (Lipinski definition) is 0. The zero-order valence-corrected chi connectivity index (χ0v) is 11.7. The van der Waals surface area contributed by atoms with Crippen molar-refractivity contribution in [2.24, 2.45) is 0 Å². The van der Waals surface area contributed by atoms with Crippen molar-refractivity contribution in [3.05, 3.63) is 34.5 Å². The summed E-state index contributed by atoms with van der Waals surface area (Å²) in [7, 11) is 1.32. The van der Waals surface area contributed by atoms with E-state index in [0.717, 1.165) is 10.9 Å². The van der Waals surface area contributed by atoms with E-state index in [1.165, 1.54) is 7.11 Å². The molecule has 19 heavy (non-hydrogen) atoms. The highest BCUT2D eigenvalue weighted by Gasteiger charge is 2.15. The first-order valence-electron chi connectivity index (χ1n) is 5.88. The molecular formula is C14H14ClNO3. The maximum atomic E-state index is 11.6. The Labute approximate surface area is 116 Å². The minimum absolute atomic E-state index is 0.226. The summed E-state index contributed by atoms with van der Waals surface area (Å²) < 4.78 is 10.3. The first-order valence-corrected chi connectivity index (χ1v) is 6.26. The van der Waals surface area contributed by atoms with Gasteiger partial charge in [0.15, 0.2) is 5.69 Å². The lowest BCUT2D eigenvalue weighted by Gasteiger charge is -2.11. The Morgan fingerprint density at radius 3 is 2.74 bits per heavy atom. The molecule has 0 N–H and O–H groups in total. The number of halogens is 1. The first kappa shape index (κ1) is 13.6. The third kappa shape index (κ3) is 2.63. The van der Waals surface area contributed by atoms with Crippen LogP contribution in [-0.2, 0) is 4.74 Å². The van der Waals surface area contributed by atoms with Crippen molar-refractivity contribution in [1.82, 2.24) is 4.98 Å². The lowest BCUT2D eigenvalue weighted by atomic mass is 10.1. The number of hydrogen-bond acceptors (Lipinski definition) is 4. The number of pyridine rings is 1. The number of esters is 1. The van der Waals surface area contributed by atoms with Crippen LogP contribution in [0.1, 0.15) is 23.0 Å². The van der Waals surface area contributed by atoms with Crippen LogP contribution in [-0.4, -0.2) is 24.7 Å². The first-order chi connectivity index (χ1) is 9.06. The molecule has 0 amide bonds. The summed E-state index contributed by atoms with van der Waals surface area (Å²) in [5.41, 5.74) is 1.80. The lowest BCUT2D eigenvalue weighted by Crippen LogP contribution is -2.06. The molecule has 0 atom stereocenters. The van der Waals surface area contributed by atoms with Gasteiger partial charge in [-0.2, -0.15) is 0 Å². The summed E-state index contributed by atoms with van der Waals surface area (Å²) in [6, 6.07) is 5.16. The van der Waals surface area contributed by atoms with Gasteiger partial charge in [0.05, 0.1) is 19.2 Å². The van der Waals surface area contributed by atoms with E-state index in [0.29, 0.717) is 22.9 Å². The molecule has 2 rings (SSSR count). The van der Waals surface area contributed by atoms with Crippen LogP contribution < -0.4 is 4.74 Å². The van der Waals surface area contributed by atoms with E-state index in [1.54, 1.807) is 18.2 Å². The van der Waals surface area contributed by atoms with Crippen LogP contribution in [0.15, 0.2) is 18.2 Å². The number of rotatable bonds is 3. The Balaban J connectivity index is 2.75. The van der Waals surface area contributed by atoms with E-state index in [4.69, 9.17) is 21.1 Å². The van der Waals surface area contributed by atoms with Crippen molar-refractivity contribution in [3.63, 3.8) is 0 Å². The number of ether oxygens (including phenoxy) is 2. The highest BCUT2D eigenvalue weighted by molar-refractivity contribution is 6.31. The molecule has 2 aromatic rings. The number of carbonyl (C=O) groups excluding carboxylic acids is 1. The average Bonchev–Trinajstić information content (AvgIpc) is 2.38. The standard InChI is InChI=1S/C14H14ClNO3/c1-4-19-12-7-11(14(17)18-3)16-13-8(2)5-9(15)6-10(12)13/h5-7H,4H2,1-3H3. The number of aromatic nitrogens is 1. The van der Waals surface area contributed by atoms with Gasteiger partial charge in [-0.15, -0.1) is 0 Å². The molecule has 0 aliphatic heterocycles. The highest BCUT2D eigenvalue weighted by Crippen LogP contribution is 2.30. The highest BCUT2D eigenvalue weighted by atomic mass is 35.5. The van der Waals surface area contributed by atoms with Gasteiger partial charge in [0, 0.05) is 16.5 Å². The third-order valence-corrected chi connectivity index (χ3v) is 2.94. The van der Waals surface area contributed by atoms with E-state index < -0.39 is 5.97 Å². The van der Waals surface area contributed by atoms with Crippen LogP contribution in [0.25, 0.3) is 10.9 Å². The molecule has 0 bridgehead atoms. The molecule has 0 fully saturated rings. The minimum atomic E-state index is -0.489. The molecule has 1 aromatic carbocycles. The second-order valence-corrected chi connectivity index (χ2v) is 4.49. The summed E-state index contributed by atoms with van der Waals surface area (Å²) in [4.78, 5) is 15.9. The molecule has 0 saturated heterocycles. The van der Waals surface area contributed by atoms with E-state index >= 15 is 0 Å². The fraction of sp³-hybridized carbons (Fsp3) is 0.286. The largest absolute Gasteiger partial charge is 0.493 e. The van der Waals surface area contributed by atoms with Crippen molar-refractivity contribution >= 4 is 28.5 Å². The van der Waals surface area contributed by atoms with E-state index in [1.807, 2.05) is 13.8 Å². The molecule has 4 nitrogen and oxygen atoms in total. The number of benzene rings is 1. The zero-order valence-electron chi connectivity index (χ0n) is 11.0. The quantitative estimate of drug-likeness (QED) is 0.808. The number of nitrogens with zero attached hydrogens (tertiary/aromatic N) is 1. The lowest BCUT2D eigenvalue weighted by molar-refractivity contribution is 0.0594. The average molecular weight is 280 g/mol. The Bertz CT molecular complexity index is 640. The van der Waals surface area contributed by atoms with Gasteiger partial charge in [-0.1, -0.05) is 11.6 Å². The maximum Gasteiger partial charge on any atom is 0.356 e. The Morgan fingerprint density at radius 1 is 1.37 bits per heavy atom. The van der Waals surface area contributed by atoms with Crippen LogP contribution in [0.5, 0.6) is 5.75 Å². The van der Waals surface area contributed by atoms with Crippen LogP contribution in [0, 0.1) is 6.92 Å². The number of methoxy groups -OCH3 is 1. The molecule has 0 aliphatic rings. The van der Waals surface area contributed by atoms with Crippen LogP contribution in [0.2, 0.25) is 5.02 Å². The fourth-order valence-electron chi connectivity index (χ4n) is 1.91. The smallest absolute Gasteiger partial charge is 0.356 e.